The van der Waals surface area contributed by atoms with Crippen LogP contribution < -0.4 is 10.6 Å². The van der Waals surface area contributed by atoms with E-state index in [4.69, 9.17) is 57.2 Å². The molecule has 1 atom stereocenters. The van der Waals surface area contributed by atoms with E-state index in [1.54, 1.807) is 0 Å². The summed E-state index contributed by atoms with van der Waals surface area (Å²) in [5, 5.41) is 23.5. The maximum absolute atomic E-state index is 12.4. The van der Waals surface area contributed by atoms with Gasteiger partial charge in [0.15, 0.2) is 5.78 Å². The quantitative estimate of drug-likeness (QED) is 0.0503. The van der Waals surface area contributed by atoms with Crippen molar-refractivity contribution in [3.05, 3.63) is 0 Å². The lowest BCUT2D eigenvalue weighted by Gasteiger charge is -2.14. The van der Waals surface area contributed by atoms with Crippen molar-refractivity contribution >= 4 is 35.3 Å². The molecule has 0 bridgehead atoms. The molecule has 0 aromatic carbocycles. The van der Waals surface area contributed by atoms with Crippen LogP contribution >= 0.6 is 0 Å². The summed E-state index contributed by atoms with van der Waals surface area (Å²) in [7, 11) is 0. The molecule has 0 saturated heterocycles. The van der Waals surface area contributed by atoms with E-state index in [-0.39, 0.29) is 108 Å². The minimum absolute atomic E-state index is 0.00269. The van der Waals surface area contributed by atoms with Gasteiger partial charge in [0.2, 0.25) is 11.8 Å². The summed E-state index contributed by atoms with van der Waals surface area (Å²) < 4.78 is 59.7. The molecule has 21 nitrogen and oxygen atoms in total. The third-order valence-electron chi connectivity index (χ3n) is 11.3. The summed E-state index contributed by atoms with van der Waals surface area (Å²) >= 11 is 0. The third kappa shape index (κ3) is 58.3. The Kier molecular flexibility index (Phi) is 56.0. The van der Waals surface area contributed by atoms with Gasteiger partial charge in [-0.15, -0.1) is 0 Å². The number of aliphatic carboxylic acids is 2. The normalized spacial score (nSPS) is 11.7. The molecule has 0 fully saturated rings. The molecule has 21 heteroatoms. The molecular weight excluding hydrogens is 981 g/mol. The van der Waals surface area contributed by atoms with Crippen LogP contribution in [0, 0.1) is 0 Å². The minimum Gasteiger partial charge on any atom is -0.481 e. The second-order valence-electron chi connectivity index (χ2n) is 18.1. The van der Waals surface area contributed by atoms with Gasteiger partial charge >= 0.3 is 11.9 Å². The molecule has 0 heterocycles. The Hall–Kier alpha value is -3.22. The highest BCUT2D eigenvalue weighted by molar-refractivity contribution is 5.84. The Balaban J connectivity index is 3.51. The number of hydrogen-bond acceptors (Lipinski definition) is 17. The van der Waals surface area contributed by atoms with Crippen LogP contribution in [0.5, 0.6) is 0 Å². The highest BCUT2D eigenvalue weighted by atomic mass is 16.6. The van der Waals surface area contributed by atoms with E-state index in [2.05, 4.69) is 17.6 Å². The van der Waals surface area contributed by atoms with Gasteiger partial charge < -0.3 is 73.0 Å². The van der Waals surface area contributed by atoms with Gasteiger partial charge in [-0.25, -0.2) is 4.79 Å². The number of Topliss-reactive ketones (excluding diaryl/α,β-unsaturated/α-hetero) is 2. The van der Waals surface area contributed by atoms with Crippen molar-refractivity contribution in [1.29, 1.82) is 0 Å². The summed E-state index contributed by atoms with van der Waals surface area (Å²) in [5.74, 6) is -2.61. The second-order valence-corrected chi connectivity index (χ2v) is 18.1. The Morgan fingerprint density at radius 3 is 1.13 bits per heavy atom. The molecule has 0 spiro atoms. The van der Waals surface area contributed by atoms with Gasteiger partial charge in [0.05, 0.1) is 112 Å². The Bertz CT molecular complexity index is 1350. The van der Waals surface area contributed by atoms with E-state index in [0.717, 1.165) is 51.6 Å². The first-order chi connectivity index (χ1) is 36.6. The molecule has 75 heavy (non-hydrogen) atoms. The van der Waals surface area contributed by atoms with E-state index in [1.807, 2.05) is 0 Å². The number of rotatable bonds is 63. The van der Waals surface area contributed by atoms with Crippen molar-refractivity contribution in [2.45, 2.75) is 161 Å². The summed E-state index contributed by atoms with van der Waals surface area (Å²) in [5.41, 5.74) is 0. The van der Waals surface area contributed by atoms with Gasteiger partial charge in [0, 0.05) is 58.5 Å². The number of unbranched alkanes of at least 4 members (excludes halogenated alkanes) is 13. The summed E-state index contributed by atoms with van der Waals surface area (Å²) in [6.45, 7) is 11.0. The lowest BCUT2D eigenvalue weighted by atomic mass is 10.0. The first-order valence-corrected chi connectivity index (χ1v) is 28.0. The number of hydrogen-bond donors (Lipinski definition) is 4. The van der Waals surface area contributed by atoms with Crippen molar-refractivity contribution in [3.63, 3.8) is 0 Å². The van der Waals surface area contributed by atoms with Crippen molar-refractivity contribution < 1.29 is 91.1 Å². The molecule has 0 aliphatic heterocycles. The van der Waals surface area contributed by atoms with Gasteiger partial charge in [-0.3, -0.25) is 24.0 Å². The van der Waals surface area contributed by atoms with Crippen molar-refractivity contribution in [1.82, 2.24) is 10.6 Å². The molecule has 2 amide bonds. The van der Waals surface area contributed by atoms with Crippen LogP contribution in [0.3, 0.4) is 0 Å². The van der Waals surface area contributed by atoms with Crippen LogP contribution in [0.25, 0.3) is 0 Å². The van der Waals surface area contributed by atoms with Gasteiger partial charge in [0.25, 0.3) is 0 Å². The molecule has 0 unspecified atom stereocenters. The maximum atomic E-state index is 12.4. The lowest BCUT2D eigenvalue weighted by molar-refractivity contribution is -0.142. The molecule has 0 aliphatic rings. The molecule has 0 aliphatic carbocycles. The van der Waals surface area contributed by atoms with Crippen LogP contribution in [-0.2, 0) is 80.9 Å². The van der Waals surface area contributed by atoms with Crippen LogP contribution in [-0.4, -0.2) is 203 Å². The molecule has 440 valence electrons. The van der Waals surface area contributed by atoms with Crippen LogP contribution in [0.4, 0.5) is 0 Å². The number of ketones is 2. The molecule has 0 aromatic heterocycles. The number of carbonyl (C=O) groups excluding carboxylic acids is 4. The molecule has 0 rings (SSSR count). The highest BCUT2D eigenvalue weighted by Crippen LogP contribution is 2.14. The number of ether oxygens (including phenoxy) is 11. The zero-order chi connectivity index (χ0) is 54.8. The van der Waals surface area contributed by atoms with E-state index >= 15 is 0 Å². The van der Waals surface area contributed by atoms with E-state index < -0.39 is 18.0 Å². The molecule has 0 saturated carbocycles. The first-order valence-electron chi connectivity index (χ1n) is 28.0. The smallest absolute Gasteiger partial charge is 0.326 e. The SMILES string of the molecule is CCCOCCOCCOCCOCCOCCOCCOCCCC(=O)COCCOCCNC(=O)COCCOCCCC(=O)CC[C@H](NC(=O)CCCCCCCCCCCCCCCCC(=O)O)C(=O)O. The van der Waals surface area contributed by atoms with Gasteiger partial charge in [-0.1, -0.05) is 84.0 Å². The predicted molar refractivity (Wildman–Crippen MR) is 281 cm³/mol. The molecule has 0 aromatic rings. The number of nitrogens with one attached hydrogen (secondary N) is 2. The lowest BCUT2D eigenvalue weighted by Crippen LogP contribution is -2.41. The van der Waals surface area contributed by atoms with Gasteiger partial charge in [0.1, 0.15) is 25.0 Å². The average Bonchev–Trinajstić information content (AvgIpc) is 3.38. The molecule has 4 N–H and O–H groups in total. The zero-order valence-corrected chi connectivity index (χ0v) is 45.9. The van der Waals surface area contributed by atoms with Crippen LogP contribution in [0.15, 0.2) is 0 Å². The fourth-order valence-corrected chi connectivity index (χ4v) is 7.12. The average molecular weight is 1080 g/mol. The van der Waals surface area contributed by atoms with E-state index in [0.29, 0.717) is 118 Å². The molecular formula is C54H100N2O19. The van der Waals surface area contributed by atoms with E-state index in [1.165, 1.54) is 44.9 Å². The summed E-state index contributed by atoms with van der Waals surface area (Å²) in [6.07, 6.45) is 18.4. The third-order valence-corrected chi connectivity index (χ3v) is 11.3. The standard InChI is InChI=1S/C54H100N2O19/c1-2-26-65-30-32-69-34-36-71-38-40-73-41-39-72-37-35-70-33-31-66-28-18-20-49(58)46-74-44-43-68-29-25-55-52(60)47-75-45-42-67-27-17-19-48(57)23-24-50(54(63)64)56-51(59)21-15-13-11-9-7-5-3-4-6-8-10-12-14-16-22-53(61)62/h50H,2-47H2,1H3,(H,55,60)(H,56,59)(H,61,62)(H,63,64)/t50-/m0/s1. The first kappa shape index (κ1) is 71.8. The predicted octanol–water partition coefficient (Wildman–Crippen LogP) is 6.07. The fraction of sp³-hybridized carbons (Fsp3) is 0.889. The minimum atomic E-state index is -1.16. The fourth-order valence-electron chi connectivity index (χ4n) is 7.12. The summed E-state index contributed by atoms with van der Waals surface area (Å²) in [6, 6.07) is -1.10. The number of carboxylic acids is 2. The largest absolute Gasteiger partial charge is 0.481 e. The van der Waals surface area contributed by atoms with Crippen molar-refractivity contribution in [2.75, 3.05) is 152 Å². The van der Waals surface area contributed by atoms with Crippen molar-refractivity contribution in [3.8, 4) is 0 Å². The van der Waals surface area contributed by atoms with Crippen LogP contribution in [0.1, 0.15) is 155 Å². The monoisotopic (exact) mass is 1080 g/mol. The number of amides is 2. The maximum Gasteiger partial charge on any atom is 0.326 e. The topological polar surface area (TPSA) is 268 Å². The van der Waals surface area contributed by atoms with E-state index in [9.17, 15) is 33.9 Å². The highest BCUT2D eigenvalue weighted by Gasteiger charge is 2.21. The summed E-state index contributed by atoms with van der Waals surface area (Å²) in [4.78, 5) is 71.0. The molecule has 0 radical (unpaired) electrons. The Morgan fingerprint density at radius 2 is 0.707 bits per heavy atom. The number of carbonyl (C=O) groups is 6. The van der Waals surface area contributed by atoms with Crippen molar-refractivity contribution in [2.24, 2.45) is 0 Å². The number of carboxylic acid groups (broad SMARTS) is 2. The zero-order valence-electron chi connectivity index (χ0n) is 45.9. The Morgan fingerprint density at radius 1 is 0.347 bits per heavy atom. The van der Waals surface area contributed by atoms with Gasteiger partial charge in [-0.2, -0.15) is 0 Å². The van der Waals surface area contributed by atoms with Crippen LogP contribution in [0.2, 0.25) is 0 Å². The Labute approximate surface area is 448 Å². The second kappa shape index (κ2) is 58.5. The van der Waals surface area contributed by atoms with Gasteiger partial charge in [-0.05, 0) is 38.5 Å².